The first kappa shape index (κ1) is 34.8. The second kappa shape index (κ2) is 12.5. The van der Waals surface area contributed by atoms with Crippen LogP contribution in [0.4, 0.5) is 38.0 Å². The van der Waals surface area contributed by atoms with Gasteiger partial charge in [-0.05, 0) is 86.5 Å². The number of likely N-dealkylation sites (tertiary alicyclic amines) is 1. The van der Waals surface area contributed by atoms with Crippen molar-refractivity contribution in [1.29, 1.82) is 0 Å². The molecule has 0 radical (unpaired) electrons. The van der Waals surface area contributed by atoms with Crippen LogP contribution in [0.15, 0.2) is 24.4 Å². The van der Waals surface area contributed by atoms with Crippen LogP contribution in [0.25, 0.3) is 0 Å². The van der Waals surface area contributed by atoms with Crippen LogP contribution >= 0.6 is 0 Å². The van der Waals surface area contributed by atoms with Crippen molar-refractivity contribution in [2.24, 2.45) is 17.8 Å². The van der Waals surface area contributed by atoms with E-state index < -0.39 is 58.9 Å². The van der Waals surface area contributed by atoms with Gasteiger partial charge in [-0.1, -0.05) is 6.92 Å². The number of benzene rings is 1. The molecule has 5 aliphatic rings. The SMILES string of the molecule is CC1CC2CC(C1)C(NC(=O)c1cnc(N3CC4(CCOC4)c4cc(OC5CCN(CC(F)(F)F)CC5)ccc43)nc1C(F)(F)F)(C(=O)O)C2. The van der Waals surface area contributed by atoms with E-state index in [0.29, 0.717) is 56.8 Å². The molecule has 16 heteroatoms. The lowest BCUT2D eigenvalue weighted by Gasteiger charge is -2.33. The zero-order valence-electron chi connectivity index (χ0n) is 27.4. The molecule has 1 spiro atoms. The number of nitrogens with zero attached hydrogens (tertiary/aromatic N) is 4. The van der Waals surface area contributed by atoms with Gasteiger partial charge in [0, 0.05) is 43.5 Å². The summed E-state index contributed by atoms with van der Waals surface area (Å²) in [6, 6.07) is 5.17. The Hall–Kier alpha value is -3.66. The highest BCUT2D eigenvalue weighted by molar-refractivity contribution is 5.99. The van der Waals surface area contributed by atoms with E-state index in [9.17, 15) is 41.0 Å². The smallest absolute Gasteiger partial charge is 0.434 e. The van der Waals surface area contributed by atoms with Crippen molar-refractivity contribution in [2.75, 3.05) is 44.3 Å². The number of halogens is 6. The number of carbonyl (C=O) groups excluding carboxylic acids is 1. The standard InChI is InChI=1S/C34H39F6N5O5/c1-19-10-20-12-21(11-19)32(14-20,29(47)48)43-28(46)24-15-41-30(42-27(24)34(38,39)40)45-16-31(6-9-49-18-31)25-13-23(2-3-26(25)45)50-22-4-7-44(8-5-22)17-33(35,36)37/h2-3,13,15,19-22H,4-12,14,16-18H2,1H3,(H,43,46)(H,47,48). The summed E-state index contributed by atoms with van der Waals surface area (Å²) in [5, 5.41) is 12.7. The number of hydrogen-bond donors (Lipinski definition) is 2. The molecule has 7 rings (SSSR count). The van der Waals surface area contributed by atoms with Gasteiger partial charge in [-0.2, -0.15) is 26.3 Å². The van der Waals surface area contributed by atoms with Gasteiger partial charge < -0.3 is 24.8 Å². The molecule has 5 unspecified atom stereocenters. The summed E-state index contributed by atoms with van der Waals surface area (Å²) in [5.74, 6) is -2.31. The predicted octanol–water partition coefficient (Wildman–Crippen LogP) is 5.72. The third-order valence-corrected chi connectivity index (χ3v) is 11.2. The molecule has 3 aliphatic heterocycles. The molecule has 50 heavy (non-hydrogen) atoms. The van der Waals surface area contributed by atoms with Crippen LogP contribution in [0.2, 0.25) is 0 Å². The number of piperidine rings is 1. The molecular weight excluding hydrogens is 672 g/mol. The molecule has 4 heterocycles. The van der Waals surface area contributed by atoms with Gasteiger partial charge in [0.05, 0.1) is 18.7 Å². The topological polar surface area (TPSA) is 117 Å². The molecule has 4 fully saturated rings. The number of carboxylic acid groups (broad SMARTS) is 1. The molecule has 2 saturated carbocycles. The van der Waals surface area contributed by atoms with E-state index in [0.717, 1.165) is 18.2 Å². The van der Waals surface area contributed by atoms with Crippen molar-refractivity contribution in [2.45, 2.75) is 81.3 Å². The fourth-order valence-corrected chi connectivity index (χ4v) is 9.04. The molecule has 2 aliphatic carbocycles. The van der Waals surface area contributed by atoms with Gasteiger partial charge in [-0.15, -0.1) is 0 Å². The normalized spacial score (nSPS) is 30.1. The zero-order valence-corrected chi connectivity index (χ0v) is 27.4. The van der Waals surface area contributed by atoms with Crippen molar-refractivity contribution < 1.29 is 50.5 Å². The minimum atomic E-state index is -5.05. The monoisotopic (exact) mass is 711 g/mol. The van der Waals surface area contributed by atoms with E-state index in [4.69, 9.17) is 9.47 Å². The molecule has 2 aromatic rings. The maximum Gasteiger partial charge on any atom is 0.434 e. The van der Waals surface area contributed by atoms with Crippen LogP contribution in [-0.4, -0.2) is 89.1 Å². The molecule has 272 valence electrons. The Morgan fingerprint density at radius 2 is 1.88 bits per heavy atom. The second-order valence-electron chi connectivity index (χ2n) is 14.8. The van der Waals surface area contributed by atoms with E-state index in [1.54, 1.807) is 17.0 Å². The summed E-state index contributed by atoms with van der Waals surface area (Å²) in [4.78, 5) is 37.1. The number of rotatable bonds is 7. The number of carboxylic acids is 1. The first-order valence-electron chi connectivity index (χ1n) is 17.0. The van der Waals surface area contributed by atoms with Gasteiger partial charge in [0.2, 0.25) is 5.95 Å². The lowest BCUT2D eigenvalue weighted by atomic mass is 9.78. The highest BCUT2D eigenvalue weighted by atomic mass is 19.4. The van der Waals surface area contributed by atoms with E-state index >= 15 is 0 Å². The molecule has 1 aromatic heterocycles. The minimum Gasteiger partial charge on any atom is -0.490 e. The average Bonchev–Trinajstić information content (AvgIpc) is 3.71. The van der Waals surface area contributed by atoms with Crippen LogP contribution in [0, 0.1) is 17.8 Å². The van der Waals surface area contributed by atoms with Crippen molar-refractivity contribution in [3.05, 3.63) is 41.2 Å². The third-order valence-electron chi connectivity index (χ3n) is 11.2. The maximum atomic E-state index is 14.6. The summed E-state index contributed by atoms with van der Waals surface area (Å²) >= 11 is 0. The van der Waals surface area contributed by atoms with Crippen LogP contribution < -0.4 is 15.0 Å². The first-order chi connectivity index (χ1) is 23.6. The predicted molar refractivity (Wildman–Crippen MR) is 166 cm³/mol. The highest BCUT2D eigenvalue weighted by Gasteiger charge is 2.57. The number of anilines is 2. The van der Waals surface area contributed by atoms with Gasteiger partial charge in [0.1, 0.15) is 17.4 Å². The Balaban J connectivity index is 1.14. The largest absolute Gasteiger partial charge is 0.490 e. The van der Waals surface area contributed by atoms with Crippen molar-refractivity contribution in [3.63, 3.8) is 0 Å². The van der Waals surface area contributed by atoms with E-state index in [1.165, 1.54) is 4.90 Å². The quantitative estimate of drug-likeness (QED) is 0.348. The van der Waals surface area contributed by atoms with Crippen molar-refractivity contribution in [3.8, 4) is 5.75 Å². The summed E-state index contributed by atoms with van der Waals surface area (Å²) in [5.41, 5.74) is -3.27. The molecule has 1 aromatic carbocycles. The number of hydrogen-bond acceptors (Lipinski definition) is 8. The van der Waals surface area contributed by atoms with Crippen LogP contribution in [0.3, 0.4) is 0 Å². The Labute approximate surface area is 284 Å². The molecule has 2 saturated heterocycles. The van der Waals surface area contributed by atoms with Crippen LogP contribution in [0.5, 0.6) is 5.75 Å². The average molecular weight is 712 g/mol. The number of aliphatic carboxylic acids is 1. The van der Waals surface area contributed by atoms with Crippen molar-refractivity contribution in [1.82, 2.24) is 20.2 Å². The third kappa shape index (κ3) is 6.48. The number of fused-ring (bicyclic) bond motifs is 4. The van der Waals surface area contributed by atoms with E-state index in [1.807, 2.05) is 13.0 Å². The Morgan fingerprint density at radius 1 is 1.12 bits per heavy atom. The van der Waals surface area contributed by atoms with E-state index in [-0.39, 0.29) is 49.9 Å². The Bertz CT molecular complexity index is 1640. The summed E-state index contributed by atoms with van der Waals surface area (Å²) in [6.07, 6.45) is -5.31. The van der Waals surface area contributed by atoms with Gasteiger partial charge in [-0.3, -0.25) is 9.69 Å². The van der Waals surface area contributed by atoms with Gasteiger partial charge in [0.25, 0.3) is 5.91 Å². The number of amides is 1. The number of carbonyl (C=O) groups is 2. The number of ether oxygens (including phenoxy) is 2. The summed E-state index contributed by atoms with van der Waals surface area (Å²) < 4.78 is 94.1. The van der Waals surface area contributed by atoms with Crippen molar-refractivity contribution >= 4 is 23.5 Å². The number of alkyl halides is 6. The maximum absolute atomic E-state index is 14.6. The summed E-state index contributed by atoms with van der Waals surface area (Å²) in [7, 11) is 0. The van der Waals surface area contributed by atoms with Gasteiger partial charge in [0.15, 0.2) is 5.69 Å². The Morgan fingerprint density at radius 3 is 2.54 bits per heavy atom. The minimum absolute atomic E-state index is 0.0604. The Kier molecular flexibility index (Phi) is 8.72. The molecular formula is C34H39F6N5O5. The molecule has 2 bridgehead atoms. The van der Waals surface area contributed by atoms with Crippen LogP contribution in [0.1, 0.15) is 73.5 Å². The molecule has 2 N–H and O–H groups in total. The fraction of sp³-hybridized carbons (Fsp3) is 0.647. The molecule has 10 nitrogen and oxygen atoms in total. The lowest BCUT2D eigenvalue weighted by molar-refractivity contribution is -0.149. The van der Waals surface area contributed by atoms with E-state index in [2.05, 4.69) is 15.3 Å². The van der Waals surface area contributed by atoms with Gasteiger partial charge in [-0.25, -0.2) is 14.8 Å². The summed E-state index contributed by atoms with van der Waals surface area (Å²) in [6.45, 7) is 2.44. The zero-order chi connectivity index (χ0) is 35.6. The molecule has 5 atom stereocenters. The first-order valence-corrected chi connectivity index (χ1v) is 17.0. The number of aromatic nitrogens is 2. The fourth-order valence-electron chi connectivity index (χ4n) is 9.04. The lowest BCUT2D eigenvalue weighted by Crippen LogP contribution is -2.57. The van der Waals surface area contributed by atoms with Gasteiger partial charge >= 0.3 is 18.3 Å². The second-order valence-corrected chi connectivity index (χ2v) is 14.8. The molecule has 1 amide bonds. The number of nitrogens with one attached hydrogen (secondary N) is 1. The highest BCUT2D eigenvalue weighted by Crippen LogP contribution is 2.52. The van der Waals surface area contributed by atoms with Crippen LogP contribution in [-0.2, 0) is 21.1 Å².